The van der Waals surface area contributed by atoms with E-state index in [9.17, 15) is 0 Å². The highest BCUT2D eigenvalue weighted by atomic mass is 16.5. The lowest BCUT2D eigenvalue weighted by atomic mass is 9.98. The standard InChI is InChI=1S/C15H22N2O/c1-10-7-11(2)14(15(18-6)13(10)4)9-17(5)12(3)8-16/h7,12H,9H2,1-6H3. The van der Waals surface area contributed by atoms with Gasteiger partial charge in [-0.15, -0.1) is 0 Å². The minimum Gasteiger partial charge on any atom is -0.496 e. The molecule has 0 saturated carbocycles. The maximum atomic E-state index is 8.95. The summed E-state index contributed by atoms with van der Waals surface area (Å²) in [6.07, 6.45) is 0. The molecule has 1 unspecified atom stereocenters. The van der Waals surface area contributed by atoms with Crippen LogP contribution >= 0.6 is 0 Å². The molecule has 1 atom stereocenters. The van der Waals surface area contributed by atoms with Crippen molar-refractivity contribution in [2.45, 2.75) is 40.3 Å². The number of ether oxygens (including phenoxy) is 1. The molecule has 98 valence electrons. The van der Waals surface area contributed by atoms with Gasteiger partial charge in [-0.2, -0.15) is 5.26 Å². The van der Waals surface area contributed by atoms with Gasteiger partial charge in [0.15, 0.2) is 0 Å². The first-order chi connectivity index (χ1) is 8.42. The summed E-state index contributed by atoms with van der Waals surface area (Å²) >= 11 is 0. The first-order valence-electron chi connectivity index (χ1n) is 6.15. The van der Waals surface area contributed by atoms with E-state index in [1.807, 2.05) is 18.9 Å². The van der Waals surface area contributed by atoms with E-state index in [1.54, 1.807) is 7.11 Å². The molecule has 0 aliphatic heterocycles. The predicted octanol–water partition coefficient (Wildman–Crippen LogP) is 2.96. The highest BCUT2D eigenvalue weighted by molar-refractivity contribution is 5.49. The third kappa shape index (κ3) is 2.83. The van der Waals surface area contributed by atoms with Crippen molar-refractivity contribution >= 4 is 0 Å². The number of methoxy groups -OCH3 is 1. The van der Waals surface area contributed by atoms with Gasteiger partial charge in [0, 0.05) is 12.1 Å². The predicted molar refractivity (Wildman–Crippen MR) is 73.7 cm³/mol. The molecule has 3 nitrogen and oxygen atoms in total. The van der Waals surface area contributed by atoms with Gasteiger partial charge in [-0.1, -0.05) is 6.07 Å². The topological polar surface area (TPSA) is 36.3 Å². The second-order valence-electron chi connectivity index (χ2n) is 4.87. The molecule has 18 heavy (non-hydrogen) atoms. The van der Waals surface area contributed by atoms with Crippen molar-refractivity contribution in [2.75, 3.05) is 14.2 Å². The van der Waals surface area contributed by atoms with E-state index >= 15 is 0 Å². The second kappa shape index (κ2) is 5.88. The average Bonchev–Trinajstić information content (AvgIpc) is 2.35. The zero-order chi connectivity index (χ0) is 13.9. The highest BCUT2D eigenvalue weighted by Crippen LogP contribution is 2.30. The largest absolute Gasteiger partial charge is 0.496 e. The van der Waals surface area contributed by atoms with Gasteiger partial charge in [-0.3, -0.25) is 4.90 Å². The molecule has 0 spiro atoms. The van der Waals surface area contributed by atoms with Crippen LogP contribution in [0, 0.1) is 32.1 Å². The third-order valence-corrected chi connectivity index (χ3v) is 3.57. The Morgan fingerprint density at radius 3 is 2.44 bits per heavy atom. The zero-order valence-electron chi connectivity index (χ0n) is 12.2. The molecule has 0 fully saturated rings. The third-order valence-electron chi connectivity index (χ3n) is 3.57. The van der Waals surface area contributed by atoms with Crippen LogP contribution in [0.5, 0.6) is 5.75 Å². The SMILES string of the molecule is COc1c(C)c(C)cc(C)c1CN(C)C(C)C#N. The van der Waals surface area contributed by atoms with Crippen molar-refractivity contribution in [1.82, 2.24) is 4.90 Å². The normalized spacial score (nSPS) is 12.3. The number of nitriles is 1. The maximum absolute atomic E-state index is 8.95. The van der Waals surface area contributed by atoms with Crippen LogP contribution in [-0.4, -0.2) is 25.1 Å². The van der Waals surface area contributed by atoms with Crippen LogP contribution in [0.4, 0.5) is 0 Å². The van der Waals surface area contributed by atoms with Crippen molar-refractivity contribution in [2.24, 2.45) is 0 Å². The van der Waals surface area contributed by atoms with Gasteiger partial charge < -0.3 is 4.74 Å². The summed E-state index contributed by atoms with van der Waals surface area (Å²) in [6.45, 7) is 8.89. The summed E-state index contributed by atoms with van der Waals surface area (Å²) in [5.74, 6) is 0.949. The van der Waals surface area contributed by atoms with Gasteiger partial charge in [0.25, 0.3) is 0 Å². The van der Waals surface area contributed by atoms with Crippen LogP contribution in [0.3, 0.4) is 0 Å². The molecular formula is C15H22N2O. The number of benzene rings is 1. The molecule has 3 heteroatoms. The molecule has 0 aromatic heterocycles. The molecule has 0 aliphatic rings. The van der Waals surface area contributed by atoms with E-state index < -0.39 is 0 Å². The molecule has 0 aliphatic carbocycles. The quantitative estimate of drug-likeness (QED) is 0.819. The molecule has 1 aromatic carbocycles. The van der Waals surface area contributed by atoms with Crippen molar-refractivity contribution in [3.8, 4) is 11.8 Å². The van der Waals surface area contributed by atoms with Gasteiger partial charge in [0.2, 0.25) is 0 Å². The molecule has 0 N–H and O–H groups in total. The average molecular weight is 246 g/mol. The molecule has 0 radical (unpaired) electrons. The van der Waals surface area contributed by atoms with E-state index in [4.69, 9.17) is 10.00 Å². The Kier molecular flexibility index (Phi) is 4.75. The first-order valence-corrected chi connectivity index (χ1v) is 6.15. The minimum atomic E-state index is -0.101. The molecular weight excluding hydrogens is 224 g/mol. The number of aryl methyl sites for hydroxylation is 2. The summed E-state index contributed by atoms with van der Waals surface area (Å²) < 4.78 is 5.54. The Labute approximate surface area is 110 Å². The fourth-order valence-electron chi connectivity index (χ4n) is 2.06. The lowest BCUT2D eigenvalue weighted by Crippen LogP contribution is -2.27. The van der Waals surface area contributed by atoms with Gasteiger partial charge in [0.05, 0.1) is 19.2 Å². The van der Waals surface area contributed by atoms with Crippen LogP contribution < -0.4 is 4.74 Å². The fourth-order valence-corrected chi connectivity index (χ4v) is 2.06. The molecule has 1 aromatic rings. The van der Waals surface area contributed by atoms with Gasteiger partial charge in [0.1, 0.15) is 5.75 Å². The Balaban J connectivity index is 3.17. The monoisotopic (exact) mass is 246 g/mol. The van der Waals surface area contributed by atoms with Crippen molar-refractivity contribution in [3.63, 3.8) is 0 Å². The minimum absolute atomic E-state index is 0.101. The number of hydrogen-bond acceptors (Lipinski definition) is 3. The van der Waals surface area contributed by atoms with Gasteiger partial charge in [-0.05, 0) is 51.4 Å². The lowest BCUT2D eigenvalue weighted by molar-refractivity contribution is 0.287. The molecule has 1 rings (SSSR count). The van der Waals surface area contributed by atoms with Crippen LogP contribution in [-0.2, 0) is 6.54 Å². The second-order valence-corrected chi connectivity index (χ2v) is 4.87. The number of hydrogen-bond donors (Lipinski definition) is 0. The van der Waals surface area contributed by atoms with Gasteiger partial charge in [-0.25, -0.2) is 0 Å². The molecule has 0 bridgehead atoms. The van der Waals surface area contributed by atoms with E-state index in [2.05, 4.69) is 32.9 Å². The summed E-state index contributed by atoms with van der Waals surface area (Å²) in [6, 6.07) is 4.33. The van der Waals surface area contributed by atoms with Crippen LogP contribution in [0.15, 0.2) is 6.07 Å². The smallest absolute Gasteiger partial charge is 0.126 e. The van der Waals surface area contributed by atoms with Crippen molar-refractivity contribution in [1.29, 1.82) is 5.26 Å². The summed E-state index contributed by atoms with van der Waals surface area (Å²) in [4.78, 5) is 2.03. The van der Waals surface area contributed by atoms with Crippen LogP contribution in [0.2, 0.25) is 0 Å². The van der Waals surface area contributed by atoms with E-state index in [-0.39, 0.29) is 6.04 Å². The molecule has 0 heterocycles. The lowest BCUT2D eigenvalue weighted by Gasteiger charge is -2.23. The van der Waals surface area contributed by atoms with Crippen LogP contribution in [0.25, 0.3) is 0 Å². The Hall–Kier alpha value is -1.53. The zero-order valence-corrected chi connectivity index (χ0v) is 12.2. The fraction of sp³-hybridized carbons (Fsp3) is 0.533. The summed E-state index contributed by atoms with van der Waals surface area (Å²) in [5, 5.41) is 8.95. The maximum Gasteiger partial charge on any atom is 0.126 e. The van der Waals surface area contributed by atoms with E-state index in [0.29, 0.717) is 0 Å². The number of rotatable bonds is 4. The summed E-state index contributed by atoms with van der Waals surface area (Å²) in [7, 11) is 3.67. The van der Waals surface area contributed by atoms with Crippen LogP contribution in [0.1, 0.15) is 29.2 Å². The first kappa shape index (κ1) is 14.5. The van der Waals surface area contributed by atoms with Crippen molar-refractivity contribution in [3.05, 3.63) is 28.3 Å². The number of nitrogens with zero attached hydrogens (tertiary/aromatic N) is 2. The van der Waals surface area contributed by atoms with Crippen molar-refractivity contribution < 1.29 is 4.74 Å². The molecule has 0 saturated heterocycles. The van der Waals surface area contributed by atoms with E-state index in [0.717, 1.165) is 12.3 Å². The Morgan fingerprint density at radius 1 is 1.33 bits per heavy atom. The Morgan fingerprint density at radius 2 is 1.94 bits per heavy atom. The highest BCUT2D eigenvalue weighted by Gasteiger charge is 2.16. The summed E-state index contributed by atoms with van der Waals surface area (Å²) in [5.41, 5.74) is 4.80. The molecule has 0 amide bonds. The Bertz CT molecular complexity index is 474. The van der Waals surface area contributed by atoms with E-state index in [1.165, 1.54) is 22.3 Å². The van der Waals surface area contributed by atoms with Gasteiger partial charge >= 0.3 is 0 Å².